The summed E-state index contributed by atoms with van der Waals surface area (Å²) >= 11 is 0. The molecular formula is C9H15N3O4. The van der Waals surface area contributed by atoms with Crippen LogP contribution in [0, 0.1) is 0 Å². The van der Waals surface area contributed by atoms with Crippen LogP contribution in [-0.4, -0.2) is 53.1 Å². The molecular weight excluding hydrogens is 214 g/mol. The highest BCUT2D eigenvalue weighted by atomic mass is 16.4. The van der Waals surface area contributed by atoms with Crippen molar-refractivity contribution in [3.63, 3.8) is 0 Å². The van der Waals surface area contributed by atoms with Crippen LogP contribution in [0.25, 0.3) is 0 Å². The third-order valence-corrected chi connectivity index (χ3v) is 2.47. The summed E-state index contributed by atoms with van der Waals surface area (Å²) in [5, 5.41) is 13.6. The fourth-order valence-corrected chi connectivity index (χ4v) is 1.39. The van der Waals surface area contributed by atoms with Gasteiger partial charge in [0.25, 0.3) is 0 Å². The summed E-state index contributed by atoms with van der Waals surface area (Å²) < 4.78 is 0. The van der Waals surface area contributed by atoms with Crippen molar-refractivity contribution >= 4 is 17.9 Å². The number of aliphatic carboxylic acids is 1. The average Bonchev–Trinajstić information content (AvgIpc) is 2.21. The third kappa shape index (κ3) is 2.62. The first-order valence-corrected chi connectivity index (χ1v) is 5.01. The topological polar surface area (TPSA) is 98.7 Å². The standard InChI is InChI=1S/C9H15N3O4/c1-5(8(14)15)11-9(16)12-4-3-10-7(13)6(12)2/h5-6H,3-4H2,1-2H3,(H,10,13)(H,11,16)(H,14,15). The highest BCUT2D eigenvalue weighted by Gasteiger charge is 2.30. The normalized spacial score (nSPS) is 22.2. The molecule has 2 unspecified atom stereocenters. The number of hydrogen-bond donors (Lipinski definition) is 3. The summed E-state index contributed by atoms with van der Waals surface area (Å²) in [7, 11) is 0. The Hall–Kier alpha value is -1.79. The minimum absolute atomic E-state index is 0.232. The SMILES string of the molecule is CC(NC(=O)N1CCNC(=O)C1C)C(=O)O. The number of piperazine rings is 1. The van der Waals surface area contributed by atoms with Crippen LogP contribution in [0.2, 0.25) is 0 Å². The molecule has 0 aromatic heterocycles. The molecule has 1 aliphatic heterocycles. The number of urea groups is 1. The molecule has 7 heteroatoms. The Morgan fingerprint density at radius 2 is 2.25 bits per heavy atom. The van der Waals surface area contributed by atoms with Crippen LogP contribution in [0.5, 0.6) is 0 Å². The van der Waals surface area contributed by atoms with Gasteiger partial charge in [-0.2, -0.15) is 0 Å². The van der Waals surface area contributed by atoms with Crippen molar-refractivity contribution in [1.29, 1.82) is 0 Å². The van der Waals surface area contributed by atoms with Gasteiger partial charge in [0.05, 0.1) is 0 Å². The monoisotopic (exact) mass is 229 g/mol. The number of rotatable bonds is 2. The van der Waals surface area contributed by atoms with Gasteiger partial charge in [-0.05, 0) is 13.8 Å². The van der Waals surface area contributed by atoms with Gasteiger partial charge in [-0.1, -0.05) is 0 Å². The molecule has 0 saturated carbocycles. The Labute approximate surface area is 92.8 Å². The summed E-state index contributed by atoms with van der Waals surface area (Å²) in [6.45, 7) is 3.73. The molecule has 1 rings (SSSR count). The lowest BCUT2D eigenvalue weighted by molar-refractivity contribution is -0.138. The van der Waals surface area contributed by atoms with Gasteiger partial charge in [0.15, 0.2) is 0 Å². The number of hydrogen-bond acceptors (Lipinski definition) is 3. The summed E-state index contributed by atoms with van der Waals surface area (Å²) in [6.07, 6.45) is 0. The second-order valence-electron chi connectivity index (χ2n) is 3.67. The fourth-order valence-electron chi connectivity index (χ4n) is 1.39. The molecule has 1 aliphatic rings. The molecule has 90 valence electrons. The van der Waals surface area contributed by atoms with Crippen molar-refractivity contribution in [2.24, 2.45) is 0 Å². The van der Waals surface area contributed by atoms with Crippen molar-refractivity contribution in [1.82, 2.24) is 15.5 Å². The molecule has 1 saturated heterocycles. The van der Waals surface area contributed by atoms with E-state index in [1.54, 1.807) is 6.92 Å². The molecule has 1 fully saturated rings. The van der Waals surface area contributed by atoms with E-state index < -0.39 is 24.1 Å². The first kappa shape index (κ1) is 12.3. The van der Waals surface area contributed by atoms with Crippen LogP contribution in [0.3, 0.4) is 0 Å². The maximum atomic E-state index is 11.6. The van der Waals surface area contributed by atoms with E-state index in [4.69, 9.17) is 5.11 Å². The van der Waals surface area contributed by atoms with Gasteiger partial charge >= 0.3 is 12.0 Å². The molecule has 7 nitrogen and oxygen atoms in total. The van der Waals surface area contributed by atoms with Gasteiger partial charge in [0.2, 0.25) is 5.91 Å². The highest BCUT2D eigenvalue weighted by Crippen LogP contribution is 2.04. The van der Waals surface area contributed by atoms with Gasteiger partial charge in [-0.3, -0.25) is 9.59 Å². The van der Waals surface area contributed by atoms with E-state index >= 15 is 0 Å². The van der Waals surface area contributed by atoms with Crippen LogP contribution < -0.4 is 10.6 Å². The van der Waals surface area contributed by atoms with Crippen LogP contribution in [0.4, 0.5) is 4.79 Å². The zero-order valence-corrected chi connectivity index (χ0v) is 9.19. The predicted octanol–water partition coefficient (Wildman–Crippen LogP) is -1.01. The number of carbonyl (C=O) groups is 3. The van der Waals surface area contributed by atoms with Crippen molar-refractivity contribution < 1.29 is 19.5 Å². The van der Waals surface area contributed by atoms with Crippen LogP contribution in [0.1, 0.15) is 13.8 Å². The second kappa shape index (κ2) is 4.82. The molecule has 3 amide bonds. The minimum atomic E-state index is -1.11. The summed E-state index contributed by atoms with van der Waals surface area (Å²) in [5.74, 6) is -1.34. The molecule has 16 heavy (non-hydrogen) atoms. The first-order chi connectivity index (χ1) is 7.43. The molecule has 2 atom stereocenters. The van der Waals surface area contributed by atoms with E-state index in [2.05, 4.69) is 10.6 Å². The van der Waals surface area contributed by atoms with Gasteiger partial charge in [0, 0.05) is 13.1 Å². The van der Waals surface area contributed by atoms with Crippen LogP contribution in [0.15, 0.2) is 0 Å². The van der Waals surface area contributed by atoms with E-state index in [0.717, 1.165) is 0 Å². The number of carboxylic acids is 1. The Morgan fingerprint density at radius 1 is 1.62 bits per heavy atom. The van der Waals surface area contributed by atoms with Crippen molar-refractivity contribution in [3.8, 4) is 0 Å². The number of nitrogens with zero attached hydrogens (tertiary/aromatic N) is 1. The Morgan fingerprint density at radius 3 is 2.81 bits per heavy atom. The maximum absolute atomic E-state index is 11.6. The molecule has 0 aromatic carbocycles. The van der Waals surface area contributed by atoms with E-state index in [0.29, 0.717) is 13.1 Å². The summed E-state index contributed by atoms with van der Waals surface area (Å²) in [6, 6.07) is -2.07. The maximum Gasteiger partial charge on any atom is 0.325 e. The van der Waals surface area contributed by atoms with Gasteiger partial charge in [0.1, 0.15) is 12.1 Å². The molecule has 3 N–H and O–H groups in total. The first-order valence-electron chi connectivity index (χ1n) is 5.01. The average molecular weight is 229 g/mol. The van der Waals surface area contributed by atoms with Gasteiger partial charge in [-0.15, -0.1) is 0 Å². The largest absolute Gasteiger partial charge is 0.480 e. The predicted molar refractivity (Wildman–Crippen MR) is 54.8 cm³/mol. The Bertz CT molecular complexity index is 318. The molecule has 0 aliphatic carbocycles. The van der Waals surface area contributed by atoms with E-state index in [1.165, 1.54) is 11.8 Å². The molecule has 0 spiro atoms. The van der Waals surface area contributed by atoms with Gasteiger partial charge < -0.3 is 20.6 Å². The van der Waals surface area contributed by atoms with Crippen molar-refractivity contribution in [2.75, 3.05) is 13.1 Å². The fraction of sp³-hybridized carbons (Fsp3) is 0.667. The van der Waals surface area contributed by atoms with Gasteiger partial charge in [-0.25, -0.2) is 4.79 Å². The van der Waals surface area contributed by atoms with E-state index in [1.807, 2.05) is 0 Å². The molecule has 0 bridgehead atoms. The van der Waals surface area contributed by atoms with E-state index in [-0.39, 0.29) is 5.91 Å². The van der Waals surface area contributed by atoms with Crippen molar-refractivity contribution in [2.45, 2.75) is 25.9 Å². The quantitative estimate of drug-likeness (QED) is 0.565. The van der Waals surface area contributed by atoms with Crippen LogP contribution >= 0.6 is 0 Å². The number of carbonyl (C=O) groups excluding carboxylic acids is 2. The van der Waals surface area contributed by atoms with E-state index in [9.17, 15) is 14.4 Å². The summed E-state index contributed by atoms with van der Waals surface area (Å²) in [5.41, 5.74) is 0. The van der Waals surface area contributed by atoms with Crippen LogP contribution in [-0.2, 0) is 9.59 Å². The van der Waals surface area contributed by atoms with Crippen molar-refractivity contribution in [3.05, 3.63) is 0 Å². The Kier molecular flexibility index (Phi) is 3.70. The molecule has 0 radical (unpaired) electrons. The zero-order chi connectivity index (χ0) is 12.3. The summed E-state index contributed by atoms with van der Waals surface area (Å²) in [4.78, 5) is 34.8. The second-order valence-corrected chi connectivity index (χ2v) is 3.67. The number of carboxylic acid groups (broad SMARTS) is 1. The lowest BCUT2D eigenvalue weighted by Gasteiger charge is -2.33. The lowest BCUT2D eigenvalue weighted by atomic mass is 10.2. The molecule has 0 aromatic rings. The molecule has 1 heterocycles. The lowest BCUT2D eigenvalue weighted by Crippen LogP contribution is -2.59. The zero-order valence-electron chi connectivity index (χ0n) is 9.19. The smallest absolute Gasteiger partial charge is 0.325 e. The Balaban J connectivity index is 2.59. The minimum Gasteiger partial charge on any atom is -0.480 e. The number of nitrogens with one attached hydrogen (secondary N) is 2. The third-order valence-electron chi connectivity index (χ3n) is 2.47. The highest BCUT2D eigenvalue weighted by molar-refractivity contribution is 5.89. The number of amides is 3.